The van der Waals surface area contributed by atoms with Gasteiger partial charge in [0.15, 0.2) is 14.1 Å². The number of nitrogens with zero attached hydrogens (tertiary/aromatic N) is 1. The molecule has 0 fully saturated rings. The Kier molecular flexibility index (Phi) is 5.80. The third-order valence-corrected chi connectivity index (χ3v) is 11.8. The molecule has 1 aliphatic carbocycles. The van der Waals surface area contributed by atoms with E-state index in [1.165, 1.54) is 16.5 Å². The van der Waals surface area contributed by atoms with E-state index in [-0.39, 0.29) is 10.8 Å². The minimum absolute atomic E-state index is 0.195. The summed E-state index contributed by atoms with van der Waals surface area (Å²) < 4.78 is 6.41. The van der Waals surface area contributed by atoms with Crippen molar-refractivity contribution < 1.29 is 9.22 Å². The molecule has 3 nitrogen and oxygen atoms in total. The molecule has 4 heteroatoms. The zero-order valence-electron chi connectivity index (χ0n) is 20.5. The first kappa shape index (κ1) is 22.7. The van der Waals surface area contributed by atoms with Gasteiger partial charge in [-0.3, -0.25) is 4.79 Å². The molecule has 0 atom stereocenters. The van der Waals surface area contributed by atoms with E-state index in [0.717, 1.165) is 34.2 Å². The third-order valence-electron chi connectivity index (χ3n) is 7.27. The molecule has 0 aliphatic heterocycles. The Hall–Kier alpha value is -2.43. The number of aryl methyl sites for hydroxylation is 1. The van der Waals surface area contributed by atoms with Gasteiger partial charge in [0, 0.05) is 37.3 Å². The third kappa shape index (κ3) is 4.14. The average Bonchev–Trinajstić information content (AvgIpc) is 3.10. The maximum absolute atomic E-state index is 12.9. The molecule has 0 bridgehead atoms. The van der Waals surface area contributed by atoms with E-state index < -0.39 is 8.32 Å². The highest BCUT2D eigenvalue weighted by molar-refractivity contribution is 6.74. The lowest BCUT2D eigenvalue weighted by atomic mass is 9.90. The number of Topliss-reactive ketones (excluding diaryl/α,β-unsaturated/α-hetero) is 1. The second-order valence-corrected chi connectivity index (χ2v) is 15.6. The van der Waals surface area contributed by atoms with E-state index in [1.807, 2.05) is 0 Å². The highest BCUT2D eigenvalue weighted by Gasteiger charge is 2.37. The summed E-state index contributed by atoms with van der Waals surface area (Å²) >= 11 is 0. The molecule has 0 spiro atoms. The Morgan fingerprint density at radius 3 is 2.25 bits per heavy atom. The summed E-state index contributed by atoms with van der Waals surface area (Å²) in [6, 6.07) is 17.4. The van der Waals surface area contributed by atoms with Crippen molar-refractivity contribution in [2.45, 2.75) is 58.4 Å². The van der Waals surface area contributed by atoms with Gasteiger partial charge in [-0.15, -0.1) is 0 Å². The van der Waals surface area contributed by atoms with Crippen molar-refractivity contribution in [3.63, 3.8) is 0 Å². The lowest BCUT2D eigenvalue weighted by Gasteiger charge is -2.36. The van der Waals surface area contributed by atoms with Gasteiger partial charge in [0.25, 0.3) is 0 Å². The van der Waals surface area contributed by atoms with E-state index in [0.29, 0.717) is 13.0 Å². The fraction of sp³-hybridized carbons (Fsp3) is 0.393. The van der Waals surface area contributed by atoms with Crippen LogP contribution in [0.3, 0.4) is 0 Å². The summed E-state index contributed by atoms with van der Waals surface area (Å²) in [5.41, 5.74) is 6.60. The zero-order chi connectivity index (χ0) is 23.3. The summed E-state index contributed by atoms with van der Waals surface area (Å²) in [6.07, 6.45) is 1.45. The summed E-state index contributed by atoms with van der Waals surface area (Å²) in [6.45, 7) is 12.0. The summed E-state index contributed by atoms with van der Waals surface area (Å²) in [5, 5.41) is 2.54. The van der Waals surface area contributed by atoms with Crippen LogP contribution in [0.25, 0.3) is 21.9 Å². The molecule has 0 saturated carbocycles. The summed E-state index contributed by atoms with van der Waals surface area (Å²) in [7, 11) is 2.31. The number of fused-ring (bicyclic) bond motifs is 2. The van der Waals surface area contributed by atoms with E-state index in [9.17, 15) is 4.79 Å². The van der Waals surface area contributed by atoms with Crippen LogP contribution in [0, 0.1) is 0 Å². The molecule has 3 aromatic rings. The van der Waals surface area contributed by atoms with Crippen LogP contribution < -0.4 is 4.90 Å². The van der Waals surface area contributed by atoms with Gasteiger partial charge in [-0.25, -0.2) is 0 Å². The molecule has 0 N–H and O–H groups in total. The lowest BCUT2D eigenvalue weighted by molar-refractivity contribution is 0.0995. The molecule has 168 valence electrons. The molecule has 4 rings (SSSR count). The van der Waals surface area contributed by atoms with Gasteiger partial charge in [0.1, 0.15) is 0 Å². The SMILES string of the molecule is CN(C)c1ccc2cc3c(c(-c4ccc(CO[Si](C)(C)C(C)(C)C)cc4)c2c1)C(=O)CC3. The van der Waals surface area contributed by atoms with Crippen molar-refractivity contribution in [2.75, 3.05) is 19.0 Å². The Morgan fingerprint density at radius 1 is 0.938 bits per heavy atom. The maximum atomic E-state index is 12.9. The van der Waals surface area contributed by atoms with Crippen LogP contribution in [0.4, 0.5) is 5.69 Å². The molecule has 0 aromatic heterocycles. The first-order chi connectivity index (χ1) is 15.0. The first-order valence-electron chi connectivity index (χ1n) is 11.5. The zero-order valence-corrected chi connectivity index (χ0v) is 21.5. The van der Waals surface area contributed by atoms with Crippen LogP contribution in [-0.4, -0.2) is 28.2 Å². The van der Waals surface area contributed by atoms with Gasteiger partial charge in [-0.05, 0) is 64.1 Å². The van der Waals surface area contributed by atoms with Gasteiger partial charge in [0.2, 0.25) is 0 Å². The van der Waals surface area contributed by atoms with Crippen LogP contribution in [0.15, 0.2) is 48.5 Å². The molecule has 32 heavy (non-hydrogen) atoms. The smallest absolute Gasteiger partial charge is 0.192 e. The van der Waals surface area contributed by atoms with Crippen LogP contribution in [0.2, 0.25) is 18.1 Å². The molecule has 0 amide bonds. The number of hydrogen-bond donors (Lipinski definition) is 0. The number of carbonyl (C=O) groups is 1. The van der Waals surface area contributed by atoms with Gasteiger partial charge < -0.3 is 9.33 Å². The molecule has 0 unspecified atom stereocenters. The fourth-order valence-electron chi connectivity index (χ4n) is 4.16. The van der Waals surface area contributed by atoms with Crippen molar-refractivity contribution in [1.82, 2.24) is 0 Å². The molecular formula is C28H35NO2Si. The highest BCUT2D eigenvalue weighted by atomic mass is 28.4. The van der Waals surface area contributed by atoms with E-state index in [2.05, 4.69) is 101 Å². The monoisotopic (exact) mass is 445 g/mol. The molecule has 0 saturated heterocycles. The van der Waals surface area contributed by atoms with Gasteiger partial charge in [0.05, 0.1) is 6.61 Å². The quantitative estimate of drug-likeness (QED) is 0.388. The Balaban J connectivity index is 1.75. The fourth-order valence-corrected chi connectivity index (χ4v) is 5.12. The Bertz CT molecular complexity index is 1170. The molecule has 0 radical (unpaired) electrons. The Morgan fingerprint density at radius 2 is 1.62 bits per heavy atom. The number of anilines is 1. The van der Waals surface area contributed by atoms with Crippen LogP contribution in [0.1, 0.15) is 48.7 Å². The van der Waals surface area contributed by atoms with Crippen LogP contribution in [0.5, 0.6) is 0 Å². The van der Waals surface area contributed by atoms with Gasteiger partial charge in [-0.2, -0.15) is 0 Å². The maximum Gasteiger partial charge on any atom is 0.192 e. The minimum Gasteiger partial charge on any atom is -0.413 e. The van der Waals surface area contributed by atoms with Crippen molar-refractivity contribution >= 4 is 30.6 Å². The number of carbonyl (C=O) groups excluding carboxylic acids is 1. The second-order valence-electron chi connectivity index (χ2n) is 10.8. The molecule has 3 aromatic carbocycles. The van der Waals surface area contributed by atoms with Gasteiger partial charge >= 0.3 is 0 Å². The molecule has 1 aliphatic rings. The predicted molar refractivity (Wildman–Crippen MR) is 138 cm³/mol. The Labute approximate surface area is 193 Å². The van der Waals surface area contributed by atoms with E-state index >= 15 is 0 Å². The summed E-state index contributed by atoms with van der Waals surface area (Å²) in [4.78, 5) is 15.0. The van der Waals surface area contributed by atoms with E-state index in [1.54, 1.807) is 0 Å². The topological polar surface area (TPSA) is 29.5 Å². The standard InChI is InChI=1S/C28H35NO2Si/c1-28(2,3)32(6,7)31-18-19-8-10-20(11-9-19)26-24-17-23(29(4)5)14-12-21(24)16-22-13-15-25(30)27(22)26/h8-12,14,16-17H,13,15,18H2,1-7H3. The van der Waals surface area contributed by atoms with Crippen LogP contribution >= 0.6 is 0 Å². The van der Waals surface area contributed by atoms with Crippen molar-refractivity contribution in [1.29, 1.82) is 0 Å². The molecular weight excluding hydrogens is 410 g/mol. The highest BCUT2D eigenvalue weighted by Crippen LogP contribution is 2.41. The van der Waals surface area contributed by atoms with Crippen molar-refractivity contribution in [3.8, 4) is 11.1 Å². The predicted octanol–water partition coefficient (Wildman–Crippen LogP) is 7.22. The minimum atomic E-state index is -1.79. The number of benzene rings is 3. The number of rotatable bonds is 5. The second kappa shape index (κ2) is 8.16. The number of hydrogen-bond acceptors (Lipinski definition) is 3. The molecule has 0 heterocycles. The average molecular weight is 446 g/mol. The normalized spacial score (nSPS) is 14.2. The van der Waals surface area contributed by atoms with E-state index in [4.69, 9.17) is 4.43 Å². The van der Waals surface area contributed by atoms with Gasteiger partial charge in [-0.1, -0.05) is 57.2 Å². The first-order valence-corrected chi connectivity index (χ1v) is 14.4. The van der Waals surface area contributed by atoms with Crippen LogP contribution in [-0.2, 0) is 17.5 Å². The largest absolute Gasteiger partial charge is 0.413 e. The number of ketones is 1. The summed E-state index contributed by atoms with van der Waals surface area (Å²) in [5.74, 6) is 0.262. The van der Waals surface area contributed by atoms with Crippen molar-refractivity contribution in [2.24, 2.45) is 0 Å². The van der Waals surface area contributed by atoms with Crippen molar-refractivity contribution in [3.05, 3.63) is 65.2 Å². The lowest BCUT2D eigenvalue weighted by Crippen LogP contribution is -2.40.